The minimum absolute atomic E-state index is 0.0734. The summed E-state index contributed by atoms with van der Waals surface area (Å²) in [4.78, 5) is 42.4. The maximum Gasteiger partial charge on any atom is 0.271 e. The Labute approximate surface area is 194 Å². The zero-order chi connectivity index (χ0) is 23.8. The number of fused-ring (bicyclic) bond motifs is 1. The Balaban J connectivity index is 1.59. The van der Waals surface area contributed by atoms with Crippen molar-refractivity contribution in [3.05, 3.63) is 53.6 Å². The summed E-state index contributed by atoms with van der Waals surface area (Å²) >= 11 is 0. The smallest absolute Gasteiger partial charge is 0.271 e. The Kier molecular flexibility index (Phi) is 6.15. The molecule has 3 amide bonds. The molecule has 0 aromatic heterocycles. The quantitative estimate of drug-likeness (QED) is 0.765. The highest BCUT2D eigenvalue weighted by Gasteiger charge is 2.42. The third-order valence-corrected chi connectivity index (χ3v) is 6.38. The summed E-state index contributed by atoms with van der Waals surface area (Å²) in [5.41, 5.74) is 1.51. The molecule has 1 fully saturated rings. The molecule has 0 radical (unpaired) electrons. The van der Waals surface area contributed by atoms with E-state index in [0.29, 0.717) is 41.7 Å². The van der Waals surface area contributed by atoms with Gasteiger partial charge in [-0.05, 0) is 69.9 Å². The molecular formula is C26H31N3O4. The second-order valence-electron chi connectivity index (χ2n) is 9.57. The molecule has 7 heteroatoms. The fourth-order valence-corrected chi connectivity index (χ4v) is 4.20. The lowest BCUT2D eigenvalue weighted by Crippen LogP contribution is -2.55. The van der Waals surface area contributed by atoms with Crippen LogP contribution in [-0.2, 0) is 9.59 Å². The molecule has 2 aliphatic heterocycles. The van der Waals surface area contributed by atoms with Gasteiger partial charge < -0.3 is 15.0 Å². The maximum atomic E-state index is 13.2. The van der Waals surface area contributed by atoms with Gasteiger partial charge in [0.15, 0.2) is 5.60 Å². The zero-order valence-electron chi connectivity index (χ0n) is 19.7. The highest BCUT2D eigenvalue weighted by Crippen LogP contribution is 2.38. The van der Waals surface area contributed by atoms with Crippen molar-refractivity contribution in [2.45, 2.75) is 46.1 Å². The lowest BCUT2D eigenvalue weighted by Gasteiger charge is -2.40. The summed E-state index contributed by atoms with van der Waals surface area (Å²) in [6.45, 7) is 8.88. The molecule has 4 rings (SSSR count). The van der Waals surface area contributed by atoms with Gasteiger partial charge in [0.05, 0.1) is 5.69 Å². The lowest BCUT2D eigenvalue weighted by atomic mass is 9.99. The molecule has 0 spiro atoms. The van der Waals surface area contributed by atoms with Gasteiger partial charge in [0.25, 0.3) is 11.8 Å². The highest BCUT2D eigenvalue weighted by atomic mass is 16.5. The first-order valence-corrected chi connectivity index (χ1v) is 11.4. The summed E-state index contributed by atoms with van der Waals surface area (Å²) in [5.74, 6) is 0.397. The number of amides is 3. The van der Waals surface area contributed by atoms with E-state index in [1.165, 1.54) is 4.90 Å². The molecular weight excluding hydrogens is 418 g/mol. The van der Waals surface area contributed by atoms with Gasteiger partial charge in [-0.25, -0.2) is 0 Å². The summed E-state index contributed by atoms with van der Waals surface area (Å²) in [6.07, 6.45) is 1.93. The first-order chi connectivity index (χ1) is 15.6. The van der Waals surface area contributed by atoms with Crippen molar-refractivity contribution in [3.63, 3.8) is 0 Å². The van der Waals surface area contributed by atoms with E-state index in [-0.39, 0.29) is 24.3 Å². The van der Waals surface area contributed by atoms with Gasteiger partial charge in [-0.1, -0.05) is 24.6 Å². The molecule has 0 aliphatic carbocycles. The summed E-state index contributed by atoms with van der Waals surface area (Å²) in [6, 6.07) is 12.5. The summed E-state index contributed by atoms with van der Waals surface area (Å²) < 4.78 is 5.92. The second-order valence-corrected chi connectivity index (χ2v) is 9.57. The Morgan fingerprint density at radius 1 is 1.09 bits per heavy atom. The third-order valence-electron chi connectivity index (χ3n) is 6.38. The standard InChI is InChI=1S/C26H31N3O4/c1-17-5-8-20(9-6-17)27-24(31)19-7-10-22-21(15-19)29(25(32)26(3,4)33-22)16-23(30)28-13-11-18(2)12-14-28/h5-10,15,18H,11-14,16H2,1-4H3,(H,27,31). The van der Waals surface area contributed by atoms with Crippen molar-refractivity contribution < 1.29 is 19.1 Å². The van der Waals surface area contributed by atoms with E-state index >= 15 is 0 Å². The predicted molar refractivity (Wildman–Crippen MR) is 128 cm³/mol. The van der Waals surface area contributed by atoms with Crippen LogP contribution in [0.5, 0.6) is 5.75 Å². The Morgan fingerprint density at radius 2 is 1.76 bits per heavy atom. The molecule has 1 N–H and O–H groups in total. The molecule has 2 aromatic rings. The average molecular weight is 450 g/mol. The predicted octanol–water partition coefficient (Wildman–Crippen LogP) is 4.01. The number of ether oxygens (including phenoxy) is 1. The number of aryl methyl sites for hydroxylation is 1. The molecule has 174 valence electrons. The molecule has 0 unspecified atom stereocenters. The monoisotopic (exact) mass is 449 g/mol. The van der Waals surface area contributed by atoms with Gasteiger partial charge in [0.2, 0.25) is 5.91 Å². The van der Waals surface area contributed by atoms with E-state index < -0.39 is 5.60 Å². The second kappa shape index (κ2) is 8.89. The normalized spacial score (nSPS) is 17.9. The number of benzene rings is 2. The van der Waals surface area contributed by atoms with Crippen molar-refractivity contribution in [3.8, 4) is 5.75 Å². The molecule has 33 heavy (non-hydrogen) atoms. The van der Waals surface area contributed by atoms with Crippen LogP contribution in [0, 0.1) is 12.8 Å². The number of rotatable bonds is 4. The van der Waals surface area contributed by atoms with Crippen molar-refractivity contribution in [1.29, 1.82) is 0 Å². The van der Waals surface area contributed by atoms with Gasteiger partial charge in [0, 0.05) is 24.3 Å². The number of carbonyl (C=O) groups excluding carboxylic acids is 3. The van der Waals surface area contributed by atoms with E-state index in [4.69, 9.17) is 4.74 Å². The van der Waals surface area contributed by atoms with Crippen LogP contribution in [0.15, 0.2) is 42.5 Å². The topological polar surface area (TPSA) is 79.0 Å². The maximum absolute atomic E-state index is 13.2. The van der Waals surface area contributed by atoms with Crippen LogP contribution in [0.3, 0.4) is 0 Å². The lowest BCUT2D eigenvalue weighted by molar-refractivity contribution is -0.137. The number of piperidine rings is 1. The van der Waals surface area contributed by atoms with Gasteiger partial charge >= 0.3 is 0 Å². The number of nitrogens with one attached hydrogen (secondary N) is 1. The van der Waals surface area contributed by atoms with Crippen LogP contribution in [0.25, 0.3) is 0 Å². The van der Waals surface area contributed by atoms with Crippen molar-refractivity contribution in [2.24, 2.45) is 5.92 Å². The number of hydrogen-bond donors (Lipinski definition) is 1. The molecule has 2 aliphatic rings. The van der Waals surface area contributed by atoms with Crippen molar-refractivity contribution >= 4 is 29.1 Å². The van der Waals surface area contributed by atoms with Gasteiger partial charge in [-0.2, -0.15) is 0 Å². The van der Waals surface area contributed by atoms with Crippen LogP contribution in [0.1, 0.15) is 49.5 Å². The molecule has 0 bridgehead atoms. The number of anilines is 2. The van der Waals surface area contributed by atoms with Gasteiger partial charge in [0.1, 0.15) is 12.3 Å². The minimum atomic E-state index is -1.10. The summed E-state index contributed by atoms with van der Waals surface area (Å²) in [7, 11) is 0. The van der Waals surface area contributed by atoms with E-state index in [9.17, 15) is 14.4 Å². The van der Waals surface area contributed by atoms with Gasteiger partial charge in [-0.3, -0.25) is 19.3 Å². The molecule has 0 saturated carbocycles. The van der Waals surface area contributed by atoms with E-state index in [1.807, 2.05) is 36.1 Å². The van der Waals surface area contributed by atoms with Crippen molar-refractivity contribution in [2.75, 3.05) is 29.9 Å². The molecule has 2 aromatic carbocycles. The first kappa shape index (κ1) is 22.8. The first-order valence-electron chi connectivity index (χ1n) is 11.4. The number of nitrogens with zero attached hydrogens (tertiary/aromatic N) is 2. The van der Waals surface area contributed by atoms with Crippen LogP contribution in [0.2, 0.25) is 0 Å². The van der Waals surface area contributed by atoms with E-state index in [1.54, 1.807) is 32.0 Å². The Hall–Kier alpha value is -3.35. The Bertz CT molecular complexity index is 1070. The minimum Gasteiger partial charge on any atom is -0.476 e. The molecule has 0 atom stereocenters. The van der Waals surface area contributed by atoms with Crippen LogP contribution < -0.4 is 15.0 Å². The SMILES string of the molecule is Cc1ccc(NC(=O)c2ccc3c(c2)N(CC(=O)N2CCC(C)CC2)C(=O)C(C)(C)O3)cc1. The molecule has 7 nitrogen and oxygen atoms in total. The van der Waals surface area contributed by atoms with E-state index in [2.05, 4.69) is 12.2 Å². The van der Waals surface area contributed by atoms with Crippen LogP contribution in [0.4, 0.5) is 11.4 Å². The number of hydrogen-bond acceptors (Lipinski definition) is 4. The van der Waals surface area contributed by atoms with Crippen LogP contribution >= 0.6 is 0 Å². The number of likely N-dealkylation sites (tertiary alicyclic amines) is 1. The van der Waals surface area contributed by atoms with E-state index in [0.717, 1.165) is 18.4 Å². The van der Waals surface area contributed by atoms with Gasteiger partial charge in [-0.15, -0.1) is 0 Å². The zero-order valence-corrected chi connectivity index (χ0v) is 19.7. The largest absolute Gasteiger partial charge is 0.476 e. The fourth-order valence-electron chi connectivity index (χ4n) is 4.20. The Morgan fingerprint density at radius 3 is 2.42 bits per heavy atom. The fraction of sp³-hybridized carbons (Fsp3) is 0.423. The third kappa shape index (κ3) is 4.87. The molecule has 2 heterocycles. The van der Waals surface area contributed by atoms with Crippen molar-refractivity contribution in [1.82, 2.24) is 4.90 Å². The average Bonchev–Trinajstić information content (AvgIpc) is 2.78. The highest BCUT2D eigenvalue weighted by molar-refractivity contribution is 6.09. The number of carbonyl (C=O) groups is 3. The van der Waals surface area contributed by atoms with Crippen LogP contribution in [-0.4, -0.2) is 47.9 Å². The summed E-state index contributed by atoms with van der Waals surface area (Å²) in [5, 5.41) is 2.87. The molecule has 1 saturated heterocycles.